The van der Waals surface area contributed by atoms with Gasteiger partial charge in [-0.15, -0.1) is 0 Å². The van der Waals surface area contributed by atoms with Gasteiger partial charge in [-0.25, -0.2) is 19.6 Å². The van der Waals surface area contributed by atoms with Crippen LogP contribution in [0.1, 0.15) is 11.1 Å². The van der Waals surface area contributed by atoms with Gasteiger partial charge in [0.05, 0.1) is 23.1 Å². The first-order valence-corrected chi connectivity index (χ1v) is 4.98. The molecule has 6 heteroatoms. The van der Waals surface area contributed by atoms with Gasteiger partial charge >= 0.3 is 0 Å². The summed E-state index contributed by atoms with van der Waals surface area (Å²) in [5.74, 6) is 0. The molecule has 0 heterocycles. The zero-order valence-corrected chi connectivity index (χ0v) is 9.55. The van der Waals surface area contributed by atoms with Gasteiger partial charge in [-0.1, -0.05) is 29.3 Å². The first kappa shape index (κ1) is 12.6. The summed E-state index contributed by atoms with van der Waals surface area (Å²) in [4.78, 5) is 26.8. The normalized spacial score (nSPS) is 9.12. The Bertz CT molecular complexity index is 490. The Kier molecular flexibility index (Phi) is 4.90. The Morgan fingerprint density at radius 1 is 1.06 bits per heavy atom. The number of carbonyl (C=O) groups excluding carboxylic acids is 2. The number of rotatable bonds is 4. The first-order valence-electron chi connectivity index (χ1n) is 4.23. The van der Waals surface area contributed by atoms with Crippen LogP contribution in [0, 0.1) is 0 Å². The lowest BCUT2D eigenvalue weighted by molar-refractivity contribution is 0.562. The minimum absolute atomic E-state index is 0.0979. The van der Waals surface area contributed by atoms with Crippen molar-refractivity contribution < 1.29 is 9.59 Å². The predicted octanol–water partition coefficient (Wildman–Crippen LogP) is 2.67. The van der Waals surface area contributed by atoms with E-state index >= 15 is 0 Å². The lowest BCUT2D eigenvalue weighted by Gasteiger charge is -2.05. The number of isocyanates is 2. The van der Waals surface area contributed by atoms with Crippen LogP contribution < -0.4 is 0 Å². The third-order valence-electron chi connectivity index (χ3n) is 1.80. The quantitative estimate of drug-likeness (QED) is 0.615. The molecule has 0 bridgehead atoms. The first-order chi connectivity index (χ1) is 7.69. The summed E-state index contributed by atoms with van der Waals surface area (Å²) in [5, 5.41) is 0.663. The maximum atomic E-state index is 9.99. The van der Waals surface area contributed by atoms with Crippen molar-refractivity contribution in [3.05, 3.63) is 33.3 Å². The van der Waals surface area contributed by atoms with Crippen molar-refractivity contribution in [3.63, 3.8) is 0 Å². The van der Waals surface area contributed by atoms with E-state index in [9.17, 15) is 9.59 Å². The summed E-state index contributed by atoms with van der Waals surface area (Å²) in [6.07, 6.45) is 2.84. The molecule has 0 spiro atoms. The van der Waals surface area contributed by atoms with Crippen molar-refractivity contribution in [2.75, 3.05) is 0 Å². The Hall–Kier alpha value is -1.44. The van der Waals surface area contributed by atoms with Crippen LogP contribution in [-0.4, -0.2) is 12.2 Å². The molecule has 1 aromatic rings. The van der Waals surface area contributed by atoms with Crippen LogP contribution in [0.4, 0.5) is 0 Å². The molecule has 1 aromatic carbocycles. The molecular formula is C10H6Cl2N2O2. The van der Waals surface area contributed by atoms with Crippen molar-refractivity contribution in [3.8, 4) is 0 Å². The number of aliphatic imine (C=N–C) groups is 2. The lowest BCUT2D eigenvalue weighted by atomic mass is 10.1. The highest BCUT2D eigenvalue weighted by molar-refractivity contribution is 6.42. The molecule has 0 aliphatic rings. The van der Waals surface area contributed by atoms with E-state index in [1.165, 1.54) is 12.2 Å². The monoisotopic (exact) mass is 256 g/mol. The summed E-state index contributed by atoms with van der Waals surface area (Å²) < 4.78 is 0. The summed E-state index contributed by atoms with van der Waals surface area (Å²) >= 11 is 11.8. The van der Waals surface area contributed by atoms with Gasteiger partial charge in [0.25, 0.3) is 0 Å². The fourth-order valence-corrected chi connectivity index (χ4v) is 1.59. The number of hydrogen-bond donors (Lipinski definition) is 0. The number of halogens is 2. The SMILES string of the molecule is O=C=NCc1cc(Cl)c(Cl)c(CN=C=O)c1. The van der Waals surface area contributed by atoms with Gasteiger partial charge in [0.2, 0.25) is 12.2 Å². The Morgan fingerprint density at radius 2 is 1.69 bits per heavy atom. The van der Waals surface area contributed by atoms with Crippen molar-refractivity contribution in [1.29, 1.82) is 0 Å². The second-order valence-corrected chi connectivity index (χ2v) is 3.65. The minimum atomic E-state index is 0.0979. The summed E-state index contributed by atoms with van der Waals surface area (Å²) in [6, 6.07) is 3.27. The maximum Gasteiger partial charge on any atom is 0.235 e. The van der Waals surface area contributed by atoms with E-state index in [-0.39, 0.29) is 13.1 Å². The Balaban J connectivity index is 3.10. The summed E-state index contributed by atoms with van der Waals surface area (Å²) in [6.45, 7) is 0.263. The fourth-order valence-electron chi connectivity index (χ4n) is 1.16. The van der Waals surface area contributed by atoms with E-state index in [2.05, 4.69) is 9.98 Å². The second-order valence-electron chi connectivity index (χ2n) is 2.87. The topological polar surface area (TPSA) is 58.9 Å². The average molecular weight is 257 g/mol. The van der Waals surface area contributed by atoms with Gasteiger partial charge in [-0.2, -0.15) is 0 Å². The van der Waals surface area contributed by atoms with Gasteiger partial charge < -0.3 is 0 Å². The summed E-state index contributed by atoms with van der Waals surface area (Å²) in [5.41, 5.74) is 1.29. The standard InChI is InChI=1S/C10H6Cl2N2O2/c11-9-2-7(3-13-5-15)1-8(10(9)12)4-14-6-16/h1-2H,3-4H2. The van der Waals surface area contributed by atoms with Crippen molar-refractivity contribution in [1.82, 2.24) is 0 Å². The molecule has 0 fully saturated rings. The molecule has 0 aromatic heterocycles. The van der Waals surface area contributed by atoms with Crippen LogP contribution in [0.2, 0.25) is 10.0 Å². The van der Waals surface area contributed by atoms with E-state index in [0.717, 1.165) is 0 Å². The fraction of sp³-hybridized carbons (Fsp3) is 0.200. The highest BCUT2D eigenvalue weighted by atomic mass is 35.5. The third-order valence-corrected chi connectivity index (χ3v) is 2.64. The summed E-state index contributed by atoms with van der Waals surface area (Å²) in [7, 11) is 0. The van der Waals surface area contributed by atoms with E-state index in [4.69, 9.17) is 23.2 Å². The highest BCUT2D eigenvalue weighted by Crippen LogP contribution is 2.28. The smallest absolute Gasteiger partial charge is 0.211 e. The van der Waals surface area contributed by atoms with Crippen LogP contribution in [0.5, 0.6) is 0 Å². The molecule has 82 valence electrons. The molecule has 4 nitrogen and oxygen atoms in total. The molecule has 0 unspecified atom stereocenters. The van der Waals surface area contributed by atoms with Gasteiger partial charge in [-0.05, 0) is 17.2 Å². The van der Waals surface area contributed by atoms with E-state index in [1.54, 1.807) is 12.1 Å². The number of hydrogen-bond acceptors (Lipinski definition) is 4. The van der Waals surface area contributed by atoms with Gasteiger partial charge in [0, 0.05) is 0 Å². The number of nitrogens with zero attached hydrogens (tertiary/aromatic N) is 2. The van der Waals surface area contributed by atoms with Crippen LogP contribution >= 0.6 is 23.2 Å². The van der Waals surface area contributed by atoms with Gasteiger partial charge in [0.1, 0.15) is 0 Å². The highest BCUT2D eigenvalue weighted by Gasteiger charge is 2.07. The van der Waals surface area contributed by atoms with E-state index in [0.29, 0.717) is 21.2 Å². The van der Waals surface area contributed by atoms with Crippen molar-refractivity contribution in [2.24, 2.45) is 9.98 Å². The molecule has 0 atom stereocenters. The average Bonchev–Trinajstić information content (AvgIpc) is 2.28. The lowest BCUT2D eigenvalue weighted by Crippen LogP contribution is -1.90. The van der Waals surface area contributed by atoms with Crippen molar-refractivity contribution in [2.45, 2.75) is 13.1 Å². The Morgan fingerprint density at radius 3 is 2.31 bits per heavy atom. The second kappa shape index (κ2) is 6.21. The minimum Gasteiger partial charge on any atom is -0.211 e. The van der Waals surface area contributed by atoms with E-state index in [1.807, 2.05) is 0 Å². The Labute approximate surface area is 102 Å². The zero-order chi connectivity index (χ0) is 12.0. The molecule has 0 N–H and O–H groups in total. The largest absolute Gasteiger partial charge is 0.235 e. The molecule has 0 radical (unpaired) electrons. The zero-order valence-electron chi connectivity index (χ0n) is 8.04. The molecule has 0 amide bonds. The van der Waals surface area contributed by atoms with Crippen LogP contribution in [0.3, 0.4) is 0 Å². The molecular weight excluding hydrogens is 251 g/mol. The maximum absolute atomic E-state index is 9.99. The molecule has 0 saturated heterocycles. The van der Waals surface area contributed by atoms with Gasteiger partial charge in [-0.3, -0.25) is 0 Å². The molecule has 16 heavy (non-hydrogen) atoms. The molecule has 0 aliphatic carbocycles. The third kappa shape index (κ3) is 3.30. The van der Waals surface area contributed by atoms with Crippen LogP contribution in [0.25, 0.3) is 0 Å². The molecule has 0 aliphatic heterocycles. The van der Waals surface area contributed by atoms with Crippen molar-refractivity contribution >= 4 is 35.4 Å². The molecule has 1 rings (SSSR count). The van der Waals surface area contributed by atoms with Crippen LogP contribution in [-0.2, 0) is 22.7 Å². The molecule has 0 saturated carbocycles. The number of benzene rings is 1. The van der Waals surface area contributed by atoms with Gasteiger partial charge in [0.15, 0.2) is 0 Å². The van der Waals surface area contributed by atoms with E-state index < -0.39 is 0 Å². The predicted molar refractivity (Wildman–Crippen MR) is 60.1 cm³/mol. The van der Waals surface area contributed by atoms with Crippen LogP contribution in [0.15, 0.2) is 22.1 Å².